The van der Waals surface area contributed by atoms with Gasteiger partial charge in [-0.25, -0.2) is 4.57 Å². The molecule has 1 aromatic heterocycles. The van der Waals surface area contributed by atoms with Crippen molar-refractivity contribution in [3.8, 4) is 5.75 Å². The molecule has 0 aliphatic heterocycles. The van der Waals surface area contributed by atoms with Crippen molar-refractivity contribution in [2.24, 2.45) is 7.05 Å². The Hall–Kier alpha value is -2.83. The summed E-state index contributed by atoms with van der Waals surface area (Å²) in [5, 5.41) is 22.8. The van der Waals surface area contributed by atoms with Crippen LogP contribution < -0.4 is 5.32 Å². The van der Waals surface area contributed by atoms with Crippen LogP contribution in [-0.4, -0.2) is 20.5 Å². The summed E-state index contributed by atoms with van der Waals surface area (Å²) >= 11 is 0. The van der Waals surface area contributed by atoms with Crippen molar-refractivity contribution in [1.82, 2.24) is 4.57 Å². The number of nitrogens with zero attached hydrogens (tertiary/aromatic N) is 2. The molecule has 1 amide bonds. The molecule has 0 aliphatic carbocycles. The van der Waals surface area contributed by atoms with Crippen LogP contribution in [0.3, 0.4) is 0 Å². The lowest BCUT2D eigenvalue weighted by atomic mass is 10.2. The van der Waals surface area contributed by atoms with E-state index in [0.717, 1.165) is 0 Å². The van der Waals surface area contributed by atoms with Crippen LogP contribution in [0.15, 0.2) is 30.3 Å². The summed E-state index contributed by atoms with van der Waals surface area (Å²) in [6.45, 7) is 1.71. The normalized spacial score (nSPS) is 10.3. The van der Waals surface area contributed by atoms with E-state index < -0.39 is 10.8 Å². The summed E-state index contributed by atoms with van der Waals surface area (Å²) in [7, 11) is 1.45. The van der Waals surface area contributed by atoms with Crippen molar-refractivity contribution >= 4 is 17.4 Å². The molecular weight excluding hydrogens is 262 g/mol. The van der Waals surface area contributed by atoms with Crippen molar-refractivity contribution in [3.63, 3.8) is 0 Å². The number of aromatic nitrogens is 1. The third-order valence-corrected chi connectivity index (χ3v) is 2.97. The maximum Gasteiger partial charge on any atom is 0.323 e. The molecule has 0 aliphatic rings. The van der Waals surface area contributed by atoms with Gasteiger partial charge < -0.3 is 20.5 Å². The summed E-state index contributed by atoms with van der Waals surface area (Å²) in [5.74, 6) is -0.472. The third kappa shape index (κ3) is 2.46. The minimum absolute atomic E-state index is 0.137. The van der Waals surface area contributed by atoms with Gasteiger partial charge in [-0.15, -0.1) is 0 Å². The van der Waals surface area contributed by atoms with E-state index in [4.69, 9.17) is 0 Å². The van der Waals surface area contributed by atoms with Crippen LogP contribution in [0.25, 0.3) is 0 Å². The predicted molar refractivity (Wildman–Crippen MR) is 72.9 cm³/mol. The number of benzene rings is 1. The van der Waals surface area contributed by atoms with Crippen molar-refractivity contribution in [1.29, 1.82) is 0 Å². The Bertz CT molecular complexity index is 691. The Kier molecular flexibility index (Phi) is 3.43. The molecule has 2 aromatic rings. The molecule has 0 atom stereocenters. The van der Waals surface area contributed by atoms with Gasteiger partial charge in [0.1, 0.15) is 5.75 Å². The van der Waals surface area contributed by atoms with Gasteiger partial charge in [0.05, 0.1) is 7.05 Å². The van der Waals surface area contributed by atoms with Gasteiger partial charge in [-0.05, 0) is 41.7 Å². The number of anilines is 1. The minimum atomic E-state index is -0.554. The van der Waals surface area contributed by atoms with Gasteiger partial charge in [0, 0.05) is 11.8 Å². The van der Waals surface area contributed by atoms with E-state index in [2.05, 4.69) is 5.32 Å². The fraction of sp³-hybridized carbons (Fsp3) is 0.154. The van der Waals surface area contributed by atoms with Gasteiger partial charge in [0.2, 0.25) is 0 Å². The number of aryl methyl sites for hydroxylation is 1. The second-order valence-corrected chi connectivity index (χ2v) is 4.35. The molecular formula is C13H13N3O4. The number of nitro groups is 1. The van der Waals surface area contributed by atoms with E-state index in [9.17, 15) is 20.0 Å². The standard InChI is InChI=1S/C13H13N3O4/c1-8-7-9(3-5-11(8)17)14-13(18)10-4-6-12(15(10)2)16(19)20/h3-7,17H,1-2H3,(H,14,18). The SMILES string of the molecule is Cc1cc(NC(=O)c2ccc([N+](=O)[O-])n2C)ccc1O. The number of carbonyl (C=O) groups excluding carboxylic acids is 1. The van der Waals surface area contributed by atoms with E-state index in [1.807, 2.05) is 0 Å². The average Bonchev–Trinajstić information content (AvgIpc) is 2.76. The first-order valence-corrected chi connectivity index (χ1v) is 5.81. The molecule has 0 saturated carbocycles. The van der Waals surface area contributed by atoms with Crippen LogP contribution in [0.4, 0.5) is 11.5 Å². The molecule has 20 heavy (non-hydrogen) atoms. The van der Waals surface area contributed by atoms with E-state index in [1.165, 1.54) is 29.8 Å². The molecule has 7 heteroatoms. The van der Waals surface area contributed by atoms with Crippen molar-refractivity contribution < 1.29 is 14.8 Å². The fourth-order valence-electron chi connectivity index (χ4n) is 1.84. The van der Waals surface area contributed by atoms with Crippen molar-refractivity contribution in [2.75, 3.05) is 5.32 Å². The third-order valence-electron chi connectivity index (χ3n) is 2.97. The van der Waals surface area contributed by atoms with E-state index >= 15 is 0 Å². The molecule has 104 valence electrons. The first kappa shape index (κ1) is 13.6. The first-order chi connectivity index (χ1) is 9.40. The van der Waals surface area contributed by atoms with Gasteiger partial charge >= 0.3 is 5.82 Å². The summed E-state index contributed by atoms with van der Waals surface area (Å²) in [5.41, 5.74) is 1.32. The lowest BCUT2D eigenvalue weighted by Gasteiger charge is -2.06. The molecule has 0 unspecified atom stereocenters. The molecule has 1 aromatic carbocycles. The topological polar surface area (TPSA) is 97.4 Å². The number of phenolic OH excluding ortho intramolecular Hbond substituents is 1. The smallest absolute Gasteiger partial charge is 0.323 e. The molecule has 0 spiro atoms. The Morgan fingerprint density at radius 2 is 2.05 bits per heavy atom. The number of hydrogen-bond acceptors (Lipinski definition) is 4. The van der Waals surface area contributed by atoms with Crippen LogP contribution in [0.2, 0.25) is 0 Å². The summed E-state index contributed by atoms with van der Waals surface area (Å²) in [6.07, 6.45) is 0. The number of aromatic hydroxyl groups is 1. The summed E-state index contributed by atoms with van der Waals surface area (Å²) < 4.78 is 1.21. The first-order valence-electron chi connectivity index (χ1n) is 5.81. The van der Waals surface area contributed by atoms with E-state index in [0.29, 0.717) is 11.3 Å². The largest absolute Gasteiger partial charge is 0.508 e. The summed E-state index contributed by atoms with van der Waals surface area (Å²) in [6, 6.07) is 7.30. The van der Waals surface area contributed by atoms with Gasteiger partial charge in [-0.1, -0.05) is 0 Å². The number of amides is 1. The monoisotopic (exact) mass is 275 g/mol. The van der Waals surface area contributed by atoms with Crippen LogP contribution in [0, 0.1) is 17.0 Å². The van der Waals surface area contributed by atoms with Crippen molar-refractivity contribution in [3.05, 3.63) is 51.7 Å². The lowest BCUT2D eigenvalue weighted by molar-refractivity contribution is -0.391. The van der Waals surface area contributed by atoms with Crippen LogP contribution >= 0.6 is 0 Å². The fourth-order valence-corrected chi connectivity index (χ4v) is 1.84. The molecule has 0 bridgehead atoms. The molecule has 2 rings (SSSR count). The molecule has 0 fully saturated rings. The Morgan fingerprint density at radius 1 is 1.35 bits per heavy atom. The maximum atomic E-state index is 12.1. The predicted octanol–water partition coefficient (Wildman–Crippen LogP) is 2.20. The highest BCUT2D eigenvalue weighted by molar-refractivity contribution is 6.03. The number of rotatable bonds is 3. The highest BCUT2D eigenvalue weighted by Crippen LogP contribution is 2.21. The number of carbonyl (C=O) groups is 1. The lowest BCUT2D eigenvalue weighted by Crippen LogP contribution is -2.16. The van der Waals surface area contributed by atoms with Gasteiger partial charge in [-0.3, -0.25) is 4.79 Å². The highest BCUT2D eigenvalue weighted by Gasteiger charge is 2.20. The van der Waals surface area contributed by atoms with Crippen LogP contribution in [0.1, 0.15) is 16.1 Å². The van der Waals surface area contributed by atoms with Gasteiger partial charge in [0.25, 0.3) is 5.91 Å². The number of hydrogen-bond donors (Lipinski definition) is 2. The minimum Gasteiger partial charge on any atom is -0.508 e. The van der Waals surface area contributed by atoms with Crippen LogP contribution in [0.5, 0.6) is 5.75 Å². The van der Waals surface area contributed by atoms with Gasteiger partial charge in [0.15, 0.2) is 5.69 Å². The number of nitrogens with one attached hydrogen (secondary N) is 1. The zero-order valence-electron chi connectivity index (χ0n) is 11.0. The zero-order chi connectivity index (χ0) is 14.9. The number of phenols is 1. The molecule has 0 radical (unpaired) electrons. The Morgan fingerprint density at radius 3 is 2.60 bits per heavy atom. The molecule has 7 nitrogen and oxygen atoms in total. The zero-order valence-corrected chi connectivity index (χ0v) is 11.0. The average molecular weight is 275 g/mol. The summed E-state index contributed by atoms with van der Waals surface area (Å²) in [4.78, 5) is 22.2. The molecule has 1 heterocycles. The van der Waals surface area contributed by atoms with E-state index in [-0.39, 0.29) is 17.3 Å². The highest BCUT2D eigenvalue weighted by atomic mass is 16.6. The Balaban J connectivity index is 2.24. The quantitative estimate of drug-likeness (QED) is 0.509. The maximum absolute atomic E-state index is 12.1. The van der Waals surface area contributed by atoms with Crippen molar-refractivity contribution in [2.45, 2.75) is 6.92 Å². The van der Waals surface area contributed by atoms with Crippen LogP contribution in [-0.2, 0) is 7.05 Å². The van der Waals surface area contributed by atoms with E-state index in [1.54, 1.807) is 19.1 Å². The second-order valence-electron chi connectivity index (χ2n) is 4.35. The molecule has 2 N–H and O–H groups in total. The Labute approximate surface area is 114 Å². The molecule has 0 saturated heterocycles. The van der Waals surface area contributed by atoms with Gasteiger partial charge in [-0.2, -0.15) is 0 Å². The second kappa shape index (κ2) is 5.04.